The van der Waals surface area contributed by atoms with Crippen molar-refractivity contribution in [2.24, 2.45) is 5.73 Å². The maximum atomic E-state index is 10.9. The van der Waals surface area contributed by atoms with E-state index >= 15 is 0 Å². The normalized spacial score (nSPS) is 19.2. The highest BCUT2D eigenvalue weighted by Crippen LogP contribution is 2.36. The third-order valence-electron chi connectivity index (χ3n) is 1.76. The molecule has 0 radical (unpaired) electrons. The zero-order chi connectivity index (χ0) is 13.8. The zero-order valence-corrected chi connectivity index (χ0v) is 9.34. The average molecular weight is 275 g/mol. The quantitative estimate of drug-likeness (QED) is 0.235. The molecule has 0 saturated heterocycles. The lowest BCUT2D eigenvalue weighted by Gasteiger charge is -2.24. The molecule has 0 saturated carbocycles. The van der Waals surface area contributed by atoms with Gasteiger partial charge in [0.1, 0.15) is 12.2 Å². The second-order valence-corrected chi connectivity index (χ2v) is 4.29. The summed E-state index contributed by atoms with van der Waals surface area (Å²) in [5, 5.41) is 36.4. The van der Waals surface area contributed by atoms with E-state index in [1.54, 1.807) is 0 Å². The summed E-state index contributed by atoms with van der Waals surface area (Å²) < 4.78 is 13.7. The largest absolute Gasteiger partial charge is 0.527 e. The van der Waals surface area contributed by atoms with Gasteiger partial charge >= 0.3 is 13.8 Å². The first-order valence-electron chi connectivity index (χ1n) is 4.31. The molecule has 0 amide bonds. The zero-order valence-electron chi connectivity index (χ0n) is 8.45. The van der Waals surface area contributed by atoms with Crippen molar-refractivity contribution in [3.05, 3.63) is 0 Å². The van der Waals surface area contributed by atoms with E-state index in [1.165, 1.54) is 0 Å². The van der Waals surface area contributed by atoms with Crippen LogP contribution in [0, 0.1) is 0 Å². The topological polar surface area (TPSA) is 191 Å². The Kier molecular flexibility index (Phi) is 6.16. The molecule has 0 aromatic heterocycles. The molecule has 0 unspecified atom stereocenters. The molecular weight excluding hydrogens is 261 g/mol. The summed E-state index contributed by atoms with van der Waals surface area (Å²) in [4.78, 5) is 27.4. The third kappa shape index (κ3) is 5.52. The predicted octanol–water partition coefficient (Wildman–Crippen LogP) is -3.98. The fourth-order valence-electron chi connectivity index (χ4n) is 0.864. The van der Waals surface area contributed by atoms with Crippen molar-refractivity contribution >= 4 is 13.8 Å². The van der Waals surface area contributed by atoms with Crippen molar-refractivity contribution in [1.82, 2.24) is 0 Å². The standard InChI is InChI=1S/C6H14NO9P/c7-1-2(8)3(9)4(10)5(11)6(12)16-17(13,14)15/h2-5,8-11H,1,7H2,(H2,13,14,15)/t2-,3-,4+,5-/m1/s1. The highest BCUT2D eigenvalue weighted by Gasteiger charge is 2.37. The minimum absolute atomic E-state index is 0.460. The van der Waals surface area contributed by atoms with Gasteiger partial charge in [0.05, 0.1) is 6.10 Å². The van der Waals surface area contributed by atoms with E-state index in [4.69, 9.17) is 30.8 Å². The second kappa shape index (κ2) is 6.38. The summed E-state index contributed by atoms with van der Waals surface area (Å²) in [7, 11) is -5.17. The van der Waals surface area contributed by atoms with Gasteiger partial charge in [-0.25, -0.2) is 9.36 Å². The molecule has 0 aliphatic rings. The Hall–Kier alpha value is -0.580. The summed E-state index contributed by atoms with van der Waals surface area (Å²) in [6, 6.07) is 0. The van der Waals surface area contributed by atoms with Gasteiger partial charge in [0.2, 0.25) is 0 Å². The van der Waals surface area contributed by atoms with Crippen LogP contribution in [0.3, 0.4) is 0 Å². The van der Waals surface area contributed by atoms with E-state index in [0.29, 0.717) is 0 Å². The van der Waals surface area contributed by atoms with Gasteiger partial charge in [-0.05, 0) is 0 Å². The van der Waals surface area contributed by atoms with Gasteiger partial charge in [0, 0.05) is 6.54 Å². The number of phosphoric ester groups is 1. The Bertz CT molecular complexity index is 304. The van der Waals surface area contributed by atoms with Crippen LogP contribution in [0.1, 0.15) is 0 Å². The summed E-state index contributed by atoms with van der Waals surface area (Å²) in [5.41, 5.74) is 4.95. The van der Waals surface area contributed by atoms with Gasteiger partial charge in [-0.1, -0.05) is 0 Å². The second-order valence-electron chi connectivity index (χ2n) is 3.13. The summed E-state index contributed by atoms with van der Waals surface area (Å²) in [5.74, 6) is -1.84. The number of nitrogens with two attached hydrogens (primary N) is 1. The van der Waals surface area contributed by atoms with E-state index < -0.39 is 44.8 Å². The minimum atomic E-state index is -5.17. The Balaban J connectivity index is 4.54. The van der Waals surface area contributed by atoms with E-state index in [0.717, 1.165) is 0 Å². The molecule has 0 aliphatic heterocycles. The van der Waals surface area contributed by atoms with Crippen molar-refractivity contribution in [2.75, 3.05) is 6.54 Å². The lowest BCUT2D eigenvalue weighted by atomic mass is 10.0. The molecule has 0 bridgehead atoms. The van der Waals surface area contributed by atoms with Crippen molar-refractivity contribution in [3.8, 4) is 0 Å². The molecule has 4 atom stereocenters. The van der Waals surface area contributed by atoms with Gasteiger partial charge in [0.15, 0.2) is 6.10 Å². The highest BCUT2D eigenvalue weighted by atomic mass is 31.2. The summed E-state index contributed by atoms with van der Waals surface area (Å²) in [6.07, 6.45) is -8.23. The Labute approximate surface area is 95.5 Å². The van der Waals surface area contributed by atoms with Crippen LogP contribution in [0.5, 0.6) is 0 Å². The molecule has 0 heterocycles. The van der Waals surface area contributed by atoms with Crippen LogP contribution < -0.4 is 5.73 Å². The summed E-state index contributed by atoms with van der Waals surface area (Å²) in [6.45, 7) is -0.460. The number of carbonyl (C=O) groups excluding carboxylic acids is 1. The molecule has 8 N–H and O–H groups in total. The number of hydrogen-bond acceptors (Lipinski definition) is 8. The third-order valence-corrected chi connectivity index (χ3v) is 2.18. The Morgan fingerprint density at radius 1 is 1.18 bits per heavy atom. The molecule has 0 fully saturated rings. The minimum Gasteiger partial charge on any atom is -0.389 e. The maximum absolute atomic E-state index is 10.9. The average Bonchev–Trinajstić information content (AvgIpc) is 2.22. The Morgan fingerprint density at radius 2 is 1.65 bits per heavy atom. The van der Waals surface area contributed by atoms with Crippen molar-refractivity contribution < 1.29 is 44.1 Å². The molecule has 0 aliphatic carbocycles. The van der Waals surface area contributed by atoms with Crippen LogP contribution in [-0.4, -0.2) is 67.1 Å². The highest BCUT2D eigenvalue weighted by molar-refractivity contribution is 7.46. The number of phosphoric acid groups is 1. The lowest BCUT2D eigenvalue weighted by molar-refractivity contribution is -0.160. The van der Waals surface area contributed by atoms with E-state index in [2.05, 4.69) is 4.52 Å². The Morgan fingerprint density at radius 3 is 2.00 bits per heavy atom. The van der Waals surface area contributed by atoms with Crippen molar-refractivity contribution in [1.29, 1.82) is 0 Å². The molecule has 0 aromatic carbocycles. The smallest absolute Gasteiger partial charge is 0.389 e. The molecular formula is C6H14NO9P. The lowest BCUT2D eigenvalue weighted by Crippen LogP contribution is -2.49. The first-order chi connectivity index (χ1) is 7.60. The van der Waals surface area contributed by atoms with Crippen LogP contribution in [0.25, 0.3) is 0 Å². The van der Waals surface area contributed by atoms with Crippen LogP contribution in [0.15, 0.2) is 0 Å². The number of rotatable bonds is 6. The monoisotopic (exact) mass is 275 g/mol. The van der Waals surface area contributed by atoms with E-state index in [1.807, 2.05) is 0 Å². The van der Waals surface area contributed by atoms with Gasteiger partial charge < -0.3 is 30.7 Å². The SMILES string of the molecule is NC[C@@H](O)[C@@H](O)[C@H](O)[C@@H](O)C(=O)OP(=O)(O)O. The number of hydrogen-bond donors (Lipinski definition) is 7. The van der Waals surface area contributed by atoms with Gasteiger partial charge in [-0.2, -0.15) is 0 Å². The van der Waals surface area contributed by atoms with Crippen molar-refractivity contribution in [2.45, 2.75) is 24.4 Å². The van der Waals surface area contributed by atoms with Gasteiger partial charge in [-0.15, -0.1) is 0 Å². The first-order valence-corrected chi connectivity index (χ1v) is 5.84. The molecule has 0 spiro atoms. The van der Waals surface area contributed by atoms with E-state index in [9.17, 15) is 14.5 Å². The molecule has 17 heavy (non-hydrogen) atoms. The first kappa shape index (κ1) is 16.4. The van der Waals surface area contributed by atoms with Crippen molar-refractivity contribution in [3.63, 3.8) is 0 Å². The van der Waals surface area contributed by atoms with E-state index in [-0.39, 0.29) is 0 Å². The molecule has 0 aromatic rings. The van der Waals surface area contributed by atoms with Gasteiger partial charge in [0.25, 0.3) is 0 Å². The molecule has 0 rings (SSSR count). The fourth-order valence-corrected chi connectivity index (χ4v) is 1.21. The molecule has 102 valence electrons. The van der Waals surface area contributed by atoms with Crippen LogP contribution in [0.2, 0.25) is 0 Å². The summed E-state index contributed by atoms with van der Waals surface area (Å²) >= 11 is 0. The van der Waals surface area contributed by atoms with Crippen LogP contribution in [0.4, 0.5) is 0 Å². The van der Waals surface area contributed by atoms with Crippen LogP contribution in [-0.2, 0) is 13.9 Å². The number of aliphatic hydroxyl groups excluding tert-OH is 4. The molecule has 10 nitrogen and oxygen atoms in total. The number of aliphatic hydroxyl groups is 4. The van der Waals surface area contributed by atoms with Crippen LogP contribution >= 0.6 is 7.82 Å². The van der Waals surface area contributed by atoms with Gasteiger partial charge in [-0.3, -0.25) is 9.79 Å². The molecule has 11 heteroatoms. The number of carbonyl (C=O) groups is 1. The fraction of sp³-hybridized carbons (Fsp3) is 0.833. The maximum Gasteiger partial charge on any atom is 0.527 e. The predicted molar refractivity (Wildman–Crippen MR) is 51.2 cm³/mol.